The van der Waals surface area contributed by atoms with Crippen molar-refractivity contribution in [2.24, 2.45) is 5.92 Å². The van der Waals surface area contributed by atoms with E-state index in [4.69, 9.17) is 5.73 Å². The Kier molecular flexibility index (Phi) is 3.27. The topological polar surface area (TPSA) is 77.6 Å². The van der Waals surface area contributed by atoms with Crippen LogP contribution < -0.4 is 5.73 Å². The molecule has 0 bridgehead atoms. The zero-order valence-corrected chi connectivity index (χ0v) is 9.96. The monoisotopic (exact) mass is 229 g/mol. The summed E-state index contributed by atoms with van der Waals surface area (Å²) in [6, 6.07) is 1.81. The molecule has 0 radical (unpaired) electrons. The molecular formula is C12H15N5. The molecule has 2 heterocycles. The van der Waals surface area contributed by atoms with E-state index in [1.54, 1.807) is 24.7 Å². The van der Waals surface area contributed by atoms with Gasteiger partial charge in [-0.15, -0.1) is 0 Å². The summed E-state index contributed by atoms with van der Waals surface area (Å²) in [6.45, 7) is 4.28. The summed E-state index contributed by atoms with van der Waals surface area (Å²) >= 11 is 0. The van der Waals surface area contributed by atoms with E-state index in [-0.39, 0.29) is 0 Å². The van der Waals surface area contributed by atoms with E-state index in [0.29, 0.717) is 23.3 Å². The Morgan fingerprint density at radius 2 is 2.06 bits per heavy atom. The number of hydrogen-bond acceptors (Lipinski definition) is 5. The lowest BCUT2D eigenvalue weighted by molar-refractivity contribution is 0.635. The van der Waals surface area contributed by atoms with Gasteiger partial charge in [-0.25, -0.2) is 15.0 Å². The number of anilines is 1. The summed E-state index contributed by atoms with van der Waals surface area (Å²) in [5.41, 5.74) is 7.35. The fourth-order valence-electron chi connectivity index (χ4n) is 1.57. The maximum atomic E-state index is 5.77. The minimum Gasteiger partial charge on any atom is -0.384 e. The van der Waals surface area contributed by atoms with Crippen molar-refractivity contribution in [1.82, 2.24) is 19.9 Å². The SMILES string of the molecule is CC(C)Cc1cc(N)nc(-c2cnccn2)n1. The number of hydrogen-bond donors (Lipinski definition) is 1. The van der Waals surface area contributed by atoms with Crippen molar-refractivity contribution in [3.63, 3.8) is 0 Å². The van der Waals surface area contributed by atoms with Gasteiger partial charge in [0.1, 0.15) is 11.5 Å². The first-order chi connectivity index (χ1) is 8.15. The summed E-state index contributed by atoms with van der Waals surface area (Å²) < 4.78 is 0. The van der Waals surface area contributed by atoms with Crippen LogP contribution >= 0.6 is 0 Å². The Balaban J connectivity index is 2.38. The smallest absolute Gasteiger partial charge is 0.182 e. The lowest BCUT2D eigenvalue weighted by Crippen LogP contribution is -2.04. The first kappa shape index (κ1) is 11.4. The van der Waals surface area contributed by atoms with Gasteiger partial charge in [-0.2, -0.15) is 0 Å². The molecule has 0 unspecified atom stereocenters. The van der Waals surface area contributed by atoms with Gasteiger partial charge in [0.15, 0.2) is 5.82 Å². The number of nitrogens with two attached hydrogens (primary N) is 1. The third-order valence-electron chi connectivity index (χ3n) is 2.21. The number of aromatic nitrogens is 4. The molecule has 0 aromatic carbocycles. The van der Waals surface area contributed by atoms with E-state index in [1.807, 2.05) is 0 Å². The van der Waals surface area contributed by atoms with Crippen LogP contribution in [0, 0.1) is 5.92 Å². The predicted octanol–water partition coefficient (Wildman–Crippen LogP) is 1.71. The highest BCUT2D eigenvalue weighted by molar-refractivity contribution is 5.50. The van der Waals surface area contributed by atoms with Crippen LogP contribution in [0.5, 0.6) is 0 Å². The highest BCUT2D eigenvalue weighted by Gasteiger charge is 2.07. The van der Waals surface area contributed by atoms with E-state index < -0.39 is 0 Å². The minimum atomic E-state index is 0.469. The summed E-state index contributed by atoms with van der Waals surface area (Å²) in [4.78, 5) is 16.8. The molecule has 0 aliphatic carbocycles. The quantitative estimate of drug-likeness (QED) is 0.867. The minimum absolute atomic E-state index is 0.469. The van der Waals surface area contributed by atoms with E-state index in [2.05, 4.69) is 33.8 Å². The third kappa shape index (κ3) is 2.96. The molecule has 0 spiro atoms. The Morgan fingerprint density at radius 3 is 2.71 bits per heavy atom. The van der Waals surface area contributed by atoms with Gasteiger partial charge in [0, 0.05) is 24.2 Å². The molecule has 88 valence electrons. The first-order valence-electron chi connectivity index (χ1n) is 5.55. The van der Waals surface area contributed by atoms with Gasteiger partial charge in [-0.3, -0.25) is 4.98 Å². The van der Waals surface area contributed by atoms with Crippen LogP contribution in [0.1, 0.15) is 19.5 Å². The zero-order chi connectivity index (χ0) is 12.3. The van der Waals surface area contributed by atoms with Gasteiger partial charge >= 0.3 is 0 Å². The van der Waals surface area contributed by atoms with Crippen LogP contribution in [0.4, 0.5) is 5.82 Å². The second-order valence-electron chi connectivity index (χ2n) is 4.30. The Hall–Kier alpha value is -2.04. The van der Waals surface area contributed by atoms with E-state index in [9.17, 15) is 0 Å². The fourth-order valence-corrected chi connectivity index (χ4v) is 1.57. The third-order valence-corrected chi connectivity index (χ3v) is 2.21. The van der Waals surface area contributed by atoms with Crippen LogP contribution in [0.15, 0.2) is 24.7 Å². The van der Waals surface area contributed by atoms with Crippen molar-refractivity contribution in [2.75, 3.05) is 5.73 Å². The summed E-state index contributed by atoms with van der Waals surface area (Å²) in [5.74, 6) is 1.53. The van der Waals surface area contributed by atoms with Gasteiger partial charge in [0.2, 0.25) is 0 Å². The van der Waals surface area contributed by atoms with Crippen LogP contribution in [0.2, 0.25) is 0 Å². The molecule has 0 saturated carbocycles. The summed E-state index contributed by atoms with van der Waals surface area (Å²) in [6.07, 6.45) is 5.74. The predicted molar refractivity (Wildman–Crippen MR) is 66.0 cm³/mol. The molecular weight excluding hydrogens is 214 g/mol. The van der Waals surface area contributed by atoms with Crippen LogP contribution in [0.25, 0.3) is 11.5 Å². The highest BCUT2D eigenvalue weighted by Crippen LogP contribution is 2.15. The zero-order valence-electron chi connectivity index (χ0n) is 9.96. The van der Waals surface area contributed by atoms with Gasteiger partial charge in [0.25, 0.3) is 0 Å². The first-order valence-corrected chi connectivity index (χ1v) is 5.55. The maximum absolute atomic E-state index is 5.77. The van der Waals surface area contributed by atoms with Crippen molar-refractivity contribution >= 4 is 5.82 Å². The molecule has 5 heteroatoms. The van der Waals surface area contributed by atoms with Gasteiger partial charge in [-0.1, -0.05) is 13.8 Å². The van der Waals surface area contributed by atoms with E-state index in [0.717, 1.165) is 12.1 Å². The van der Waals surface area contributed by atoms with Crippen molar-refractivity contribution < 1.29 is 0 Å². The Bertz CT molecular complexity index is 496. The highest BCUT2D eigenvalue weighted by atomic mass is 15.0. The maximum Gasteiger partial charge on any atom is 0.182 e. The van der Waals surface area contributed by atoms with Gasteiger partial charge in [-0.05, 0) is 12.3 Å². The molecule has 17 heavy (non-hydrogen) atoms. The van der Waals surface area contributed by atoms with Gasteiger partial charge < -0.3 is 5.73 Å². The molecule has 2 rings (SSSR count). The average molecular weight is 229 g/mol. The van der Waals surface area contributed by atoms with Crippen LogP contribution in [-0.2, 0) is 6.42 Å². The van der Waals surface area contributed by atoms with Crippen molar-refractivity contribution in [3.05, 3.63) is 30.4 Å². The Morgan fingerprint density at radius 1 is 1.24 bits per heavy atom. The molecule has 2 aromatic rings. The normalized spacial score (nSPS) is 10.8. The number of rotatable bonds is 3. The largest absolute Gasteiger partial charge is 0.384 e. The fraction of sp³-hybridized carbons (Fsp3) is 0.333. The van der Waals surface area contributed by atoms with Gasteiger partial charge in [0.05, 0.1) is 6.20 Å². The molecule has 2 N–H and O–H groups in total. The lowest BCUT2D eigenvalue weighted by atomic mass is 10.1. The van der Waals surface area contributed by atoms with Crippen LogP contribution in [-0.4, -0.2) is 19.9 Å². The Labute approximate surface area is 100 Å². The molecule has 5 nitrogen and oxygen atoms in total. The second kappa shape index (κ2) is 4.86. The second-order valence-corrected chi connectivity index (χ2v) is 4.30. The molecule has 0 aliphatic heterocycles. The number of nitrogens with zero attached hydrogens (tertiary/aromatic N) is 4. The number of nitrogen functional groups attached to an aromatic ring is 1. The van der Waals surface area contributed by atoms with Crippen LogP contribution in [0.3, 0.4) is 0 Å². The summed E-state index contributed by atoms with van der Waals surface area (Å²) in [7, 11) is 0. The molecule has 0 saturated heterocycles. The average Bonchev–Trinajstić information content (AvgIpc) is 2.28. The van der Waals surface area contributed by atoms with E-state index >= 15 is 0 Å². The molecule has 0 fully saturated rings. The lowest BCUT2D eigenvalue weighted by Gasteiger charge is -2.07. The van der Waals surface area contributed by atoms with Crippen molar-refractivity contribution in [1.29, 1.82) is 0 Å². The standard InChI is InChI=1S/C12H15N5/c1-8(2)5-9-6-11(13)17-12(16-9)10-7-14-3-4-15-10/h3-4,6-8H,5H2,1-2H3,(H2,13,16,17). The van der Waals surface area contributed by atoms with Crippen molar-refractivity contribution in [3.8, 4) is 11.5 Å². The molecule has 0 atom stereocenters. The van der Waals surface area contributed by atoms with E-state index in [1.165, 1.54) is 0 Å². The summed E-state index contributed by atoms with van der Waals surface area (Å²) in [5, 5.41) is 0. The molecule has 0 aliphatic rings. The van der Waals surface area contributed by atoms with Crippen molar-refractivity contribution in [2.45, 2.75) is 20.3 Å². The molecule has 0 amide bonds. The molecule has 2 aromatic heterocycles.